The Morgan fingerprint density at radius 1 is 1.17 bits per heavy atom. The van der Waals surface area contributed by atoms with Gasteiger partial charge in [-0.05, 0) is 42.3 Å². The molecule has 0 aliphatic carbocycles. The van der Waals surface area contributed by atoms with Gasteiger partial charge < -0.3 is 15.2 Å². The van der Waals surface area contributed by atoms with Crippen molar-refractivity contribution in [3.8, 4) is 0 Å². The number of halogens is 1. The van der Waals surface area contributed by atoms with Crippen molar-refractivity contribution in [1.82, 2.24) is 0 Å². The van der Waals surface area contributed by atoms with Crippen molar-refractivity contribution in [2.24, 2.45) is 0 Å². The molecule has 0 atom stereocenters. The summed E-state index contributed by atoms with van der Waals surface area (Å²) in [6.07, 6.45) is 0. The van der Waals surface area contributed by atoms with Gasteiger partial charge in [-0.25, -0.2) is 4.79 Å². The third-order valence-corrected chi connectivity index (χ3v) is 3.42. The van der Waals surface area contributed by atoms with Gasteiger partial charge >= 0.3 is 5.97 Å². The van der Waals surface area contributed by atoms with E-state index >= 15 is 0 Å². The predicted octanol–water partition coefficient (Wildman–Crippen LogP) is 2.94. The predicted molar refractivity (Wildman–Crippen MR) is 87.5 cm³/mol. The van der Waals surface area contributed by atoms with Crippen molar-refractivity contribution >= 4 is 29.2 Å². The molecule has 0 heterocycles. The molecule has 0 saturated carbocycles. The maximum Gasteiger partial charge on any atom is 0.338 e. The zero-order valence-electron chi connectivity index (χ0n) is 12.5. The largest absolute Gasteiger partial charge is 0.452 e. The van der Waals surface area contributed by atoms with E-state index < -0.39 is 18.5 Å². The average Bonchev–Trinajstić information content (AvgIpc) is 2.55. The number of ether oxygens (including phenoxy) is 1. The van der Waals surface area contributed by atoms with Crippen molar-refractivity contribution < 1.29 is 19.4 Å². The van der Waals surface area contributed by atoms with E-state index in [1.165, 1.54) is 12.1 Å². The lowest BCUT2D eigenvalue weighted by Gasteiger charge is -2.09. The summed E-state index contributed by atoms with van der Waals surface area (Å²) in [7, 11) is 0. The zero-order chi connectivity index (χ0) is 16.8. The van der Waals surface area contributed by atoms with Crippen molar-refractivity contribution in [1.29, 1.82) is 0 Å². The van der Waals surface area contributed by atoms with Gasteiger partial charge in [-0.15, -0.1) is 0 Å². The van der Waals surface area contributed by atoms with E-state index in [2.05, 4.69) is 5.32 Å². The number of aliphatic hydroxyl groups is 1. The third kappa shape index (κ3) is 4.81. The molecule has 0 unspecified atom stereocenters. The van der Waals surface area contributed by atoms with Gasteiger partial charge in [0.2, 0.25) is 0 Å². The Kier molecular flexibility index (Phi) is 5.73. The van der Waals surface area contributed by atoms with Crippen LogP contribution in [0, 0.1) is 6.92 Å². The number of hydrogen-bond donors (Lipinski definition) is 2. The maximum atomic E-state index is 11.8. The van der Waals surface area contributed by atoms with Gasteiger partial charge in [-0.1, -0.05) is 29.8 Å². The standard InChI is InChI=1S/C17H16ClNO4/c1-11-2-7-15(14(18)8-11)19-16(21)10-23-17(22)13-5-3-12(9-20)4-6-13/h2-8,20H,9-10H2,1H3,(H,19,21). The molecule has 0 fully saturated rings. The van der Waals surface area contributed by atoms with Crippen LogP contribution >= 0.6 is 11.6 Å². The summed E-state index contributed by atoms with van der Waals surface area (Å²) in [6.45, 7) is 1.38. The first kappa shape index (κ1) is 17.0. The number of carbonyl (C=O) groups excluding carboxylic acids is 2. The molecule has 0 aliphatic rings. The Morgan fingerprint density at radius 3 is 2.48 bits per heavy atom. The summed E-state index contributed by atoms with van der Waals surface area (Å²) >= 11 is 6.02. The SMILES string of the molecule is Cc1ccc(NC(=O)COC(=O)c2ccc(CO)cc2)c(Cl)c1. The van der Waals surface area contributed by atoms with Crippen molar-refractivity contribution in [2.75, 3.05) is 11.9 Å². The van der Waals surface area contributed by atoms with E-state index in [-0.39, 0.29) is 6.61 Å². The first-order valence-electron chi connectivity index (χ1n) is 6.92. The van der Waals surface area contributed by atoms with Gasteiger partial charge in [0, 0.05) is 0 Å². The zero-order valence-corrected chi connectivity index (χ0v) is 13.3. The normalized spacial score (nSPS) is 10.2. The first-order chi connectivity index (χ1) is 11.0. The second-order valence-electron chi connectivity index (χ2n) is 4.96. The molecule has 0 bridgehead atoms. The minimum absolute atomic E-state index is 0.102. The number of aliphatic hydroxyl groups excluding tert-OH is 1. The Hall–Kier alpha value is -2.37. The summed E-state index contributed by atoms with van der Waals surface area (Å²) < 4.78 is 4.94. The van der Waals surface area contributed by atoms with E-state index in [1.807, 2.05) is 13.0 Å². The number of nitrogens with one attached hydrogen (secondary N) is 1. The summed E-state index contributed by atoms with van der Waals surface area (Å²) in [6, 6.07) is 11.5. The van der Waals surface area contributed by atoms with Gasteiger partial charge in [0.25, 0.3) is 5.91 Å². The van der Waals surface area contributed by atoms with Crippen LogP contribution in [0.2, 0.25) is 5.02 Å². The topological polar surface area (TPSA) is 75.6 Å². The Balaban J connectivity index is 1.89. The average molecular weight is 334 g/mol. The van der Waals surface area contributed by atoms with Crippen LogP contribution in [-0.4, -0.2) is 23.6 Å². The Bertz CT molecular complexity index is 713. The summed E-state index contributed by atoms with van der Waals surface area (Å²) in [5.41, 5.74) is 2.44. The molecule has 2 aromatic carbocycles. The molecule has 2 rings (SSSR count). The quantitative estimate of drug-likeness (QED) is 0.825. The molecule has 5 nitrogen and oxygen atoms in total. The second kappa shape index (κ2) is 7.76. The van der Waals surface area contributed by atoms with Crippen molar-refractivity contribution in [2.45, 2.75) is 13.5 Å². The highest BCUT2D eigenvalue weighted by atomic mass is 35.5. The monoisotopic (exact) mass is 333 g/mol. The summed E-state index contributed by atoms with van der Waals surface area (Å²) in [4.78, 5) is 23.6. The fourth-order valence-electron chi connectivity index (χ4n) is 1.87. The lowest BCUT2D eigenvalue weighted by Crippen LogP contribution is -2.21. The highest BCUT2D eigenvalue weighted by molar-refractivity contribution is 6.33. The molecular formula is C17H16ClNO4. The van der Waals surface area contributed by atoms with Crippen LogP contribution < -0.4 is 5.32 Å². The molecule has 0 radical (unpaired) electrons. The fraction of sp³-hybridized carbons (Fsp3) is 0.176. The summed E-state index contributed by atoms with van der Waals surface area (Å²) in [5, 5.41) is 11.9. The van der Waals surface area contributed by atoms with Gasteiger partial charge in [-0.3, -0.25) is 4.79 Å². The van der Waals surface area contributed by atoms with Crippen molar-refractivity contribution in [3.05, 3.63) is 64.2 Å². The molecule has 1 amide bonds. The first-order valence-corrected chi connectivity index (χ1v) is 7.30. The van der Waals surface area contributed by atoms with Gasteiger partial charge in [0.1, 0.15) is 0 Å². The number of aryl methyl sites for hydroxylation is 1. The van der Waals surface area contributed by atoms with Crippen molar-refractivity contribution in [3.63, 3.8) is 0 Å². The van der Waals surface area contributed by atoms with E-state index in [0.717, 1.165) is 5.56 Å². The highest BCUT2D eigenvalue weighted by Crippen LogP contribution is 2.22. The number of rotatable bonds is 5. The molecule has 0 spiro atoms. The highest BCUT2D eigenvalue weighted by Gasteiger charge is 2.11. The van der Waals surface area contributed by atoms with Gasteiger partial charge in [-0.2, -0.15) is 0 Å². The lowest BCUT2D eigenvalue weighted by molar-refractivity contribution is -0.119. The minimum atomic E-state index is -0.611. The van der Waals surface area contributed by atoms with Crippen LogP contribution in [0.5, 0.6) is 0 Å². The molecule has 6 heteroatoms. The van der Waals surface area contributed by atoms with E-state index in [0.29, 0.717) is 21.8 Å². The second-order valence-corrected chi connectivity index (χ2v) is 5.37. The van der Waals surface area contributed by atoms with E-state index in [9.17, 15) is 9.59 Å². The molecule has 2 aromatic rings. The number of benzene rings is 2. The molecule has 2 N–H and O–H groups in total. The van der Waals surface area contributed by atoms with Crippen LogP contribution in [0.15, 0.2) is 42.5 Å². The van der Waals surface area contributed by atoms with Gasteiger partial charge in [0.15, 0.2) is 6.61 Å². The molecule has 120 valence electrons. The van der Waals surface area contributed by atoms with Crippen LogP contribution in [0.3, 0.4) is 0 Å². The van der Waals surface area contributed by atoms with E-state index in [4.69, 9.17) is 21.4 Å². The Labute approximate surface area is 138 Å². The number of amides is 1. The van der Waals surface area contributed by atoms with E-state index in [1.54, 1.807) is 24.3 Å². The smallest absolute Gasteiger partial charge is 0.338 e. The number of carbonyl (C=O) groups is 2. The fourth-order valence-corrected chi connectivity index (χ4v) is 2.15. The van der Waals surface area contributed by atoms with Crippen LogP contribution in [-0.2, 0) is 16.1 Å². The van der Waals surface area contributed by atoms with Crippen LogP contribution in [0.4, 0.5) is 5.69 Å². The van der Waals surface area contributed by atoms with Crippen LogP contribution in [0.25, 0.3) is 0 Å². The Morgan fingerprint density at radius 2 is 1.87 bits per heavy atom. The molecular weight excluding hydrogens is 318 g/mol. The molecule has 23 heavy (non-hydrogen) atoms. The van der Waals surface area contributed by atoms with Gasteiger partial charge in [0.05, 0.1) is 22.9 Å². The lowest BCUT2D eigenvalue weighted by atomic mass is 10.1. The van der Waals surface area contributed by atoms with Crippen LogP contribution in [0.1, 0.15) is 21.5 Å². The number of anilines is 1. The third-order valence-electron chi connectivity index (χ3n) is 3.11. The minimum Gasteiger partial charge on any atom is -0.452 e. The molecule has 0 aromatic heterocycles. The molecule has 0 aliphatic heterocycles. The maximum absolute atomic E-state index is 11.8. The number of esters is 1. The number of hydrogen-bond acceptors (Lipinski definition) is 4. The summed E-state index contributed by atoms with van der Waals surface area (Å²) in [5.74, 6) is -1.09. The molecule has 0 saturated heterocycles.